The summed E-state index contributed by atoms with van der Waals surface area (Å²) in [6, 6.07) is 4.66. The van der Waals surface area contributed by atoms with Crippen LogP contribution in [0.2, 0.25) is 5.02 Å². The highest BCUT2D eigenvalue weighted by atomic mass is 35.5. The summed E-state index contributed by atoms with van der Waals surface area (Å²) in [7, 11) is 0. The number of carbonyl (C=O) groups excluding carboxylic acids is 1. The normalized spacial score (nSPS) is 16.3. The van der Waals surface area contributed by atoms with Gasteiger partial charge in [-0.3, -0.25) is 14.2 Å². The number of nitrogens with zero attached hydrogens (tertiary/aromatic N) is 3. The lowest BCUT2D eigenvalue weighted by atomic mass is 9.83. The number of carbonyl (C=O) groups is 1. The molecule has 1 aliphatic rings. The molecule has 0 saturated heterocycles. The maximum Gasteiger partial charge on any atom is 0.261 e. The Morgan fingerprint density at radius 1 is 1.25 bits per heavy atom. The van der Waals surface area contributed by atoms with Crippen molar-refractivity contribution < 1.29 is 4.79 Å². The summed E-state index contributed by atoms with van der Waals surface area (Å²) in [6.07, 6.45) is 9.98. The number of para-hydroxylation sites is 1. The van der Waals surface area contributed by atoms with Gasteiger partial charge in [0.1, 0.15) is 0 Å². The Balaban J connectivity index is 1.71. The first-order valence-corrected chi connectivity index (χ1v) is 11.0. The maximum absolute atomic E-state index is 13.2. The van der Waals surface area contributed by atoms with Crippen molar-refractivity contribution in [2.75, 3.05) is 0 Å². The quantitative estimate of drug-likeness (QED) is 0.578. The van der Waals surface area contributed by atoms with Crippen molar-refractivity contribution in [3.63, 3.8) is 0 Å². The molecule has 7 heteroatoms. The van der Waals surface area contributed by atoms with Crippen molar-refractivity contribution in [1.82, 2.24) is 14.5 Å². The van der Waals surface area contributed by atoms with Crippen LogP contribution in [-0.2, 0) is 11.2 Å². The number of Topliss-reactive ketones (excluding diaryl/α,β-unsaturated/α-hetero) is 1. The second kappa shape index (κ2) is 8.53. The molecule has 0 radical (unpaired) electrons. The molecule has 3 aromatic rings. The molecule has 0 spiro atoms. The second-order valence-electron chi connectivity index (χ2n) is 7.42. The van der Waals surface area contributed by atoms with E-state index < -0.39 is 6.04 Å². The number of aromatic nitrogens is 3. The lowest BCUT2D eigenvalue weighted by Crippen LogP contribution is -2.33. The summed E-state index contributed by atoms with van der Waals surface area (Å²) < 4.78 is 1.52. The fourth-order valence-electron chi connectivity index (χ4n) is 4.10. The van der Waals surface area contributed by atoms with Crippen LogP contribution in [-0.4, -0.2) is 20.3 Å². The van der Waals surface area contributed by atoms with Gasteiger partial charge >= 0.3 is 0 Å². The largest absolute Gasteiger partial charge is 0.297 e. The molecule has 1 aromatic carbocycles. The standard InChI is InChI=1S/C21H22ClN3O2S/c22-16-8-4-7-15-20(16)24-13-25(21(15)27)17(11-14-5-2-1-3-6-14)18(26)12-19-23-9-10-28-19/h4,7-10,13-14,17H,1-3,5-6,11-12H2. The molecule has 1 fully saturated rings. The average Bonchev–Trinajstić information content (AvgIpc) is 3.21. The summed E-state index contributed by atoms with van der Waals surface area (Å²) in [5, 5.41) is 3.54. The van der Waals surface area contributed by atoms with Crippen molar-refractivity contribution in [2.45, 2.75) is 51.0 Å². The molecule has 146 valence electrons. The van der Waals surface area contributed by atoms with E-state index in [1.54, 1.807) is 24.4 Å². The molecule has 1 unspecified atom stereocenters. The molecule has 2 heterocycles. The van der Waals surface area contributed by atoms with E-state index in [1.165, 1.54) is 41.5 Å². The van der Waals surface area contributed by atoms with E-state index in [0.717, 1.165) is 17.8 Å². The fraction of sp³-hybridized carbons (Fsp3) is 0.429. The Morgan fingerprint density at radius 2 is 2.07 bits per heavy atom. The van der Waals surface area contributed by atoms with Crippen molar-refractivity contribution in [1.29, 1.82) is 0 Å². The van der Waals surface area contributed by atoms with Crippen LogP contribution >= 0.6 is 22.9 Å². The van der Waals surface area contributed by atoms with Crippen LogP contribution in [0.4, 0.5) is 0 Å². The van der Waals surface area contributed by atoms with Crippen LogP contribution in [0.15, 0.2) is 40.9 Å². The Bertz CT molecular complexity index is 1030. The van der Waals surface area contributed by atoms with Crippen LogP contribution < -0.4 is 5.56 Å². The SMILES string of the molecule is O=C(Cc1nccs1)C(CC1CCCCC1)n1cnc2c(Cl)cccc2c1=O. The van der Waals surface area contributed by atoms with E-state index in [9.17, 15) is 9.59 Å². The van der Waals surface area contributed by atoms with Crippen LogP contribution in [0.25, 0.3) is 10.9 Å². The zero-order valence-corrected chi connectivity index (χ0v) is 17.1. The van der Waals surface area contributed by atoms with E-state index in [1.807, 2.05) is 5.38 Å². The van der Waals surface area contributed by atoms with Crippen LogP contribution in [0.1, 0.15) is 49.6 Å². The van der Waals surface area contributed by atoms with Crippen LogP contribution in [0.3, 0.4) is 0 Å². The Kier molecular flexibility index (Phi) is 5.87. The monoisotopic (exact) mass is 415 g/mol. The Labute approximate surface area is 172 Å². The molecular weight excluding hydrogens is 394 g/mol. The highest BCUT2D eigenvalue weighted by molar-refractivity contribution is 7.09. The van der Waals surface area contributed by atoms with Gasteiger partial charge < -0.3 is 0 Å². The van der Waals surface area contributed by atoms with Crippen molar-refractivity contribution >= 4 is 39.6 Å². The third kappa shape index (κ3) is 4.03. The van der Waals surface area contributed by atoms with E-state index >= 15 is 0 Å². The van der Waals surface area contributed by atoms with Gasteiger partial charge in [-0.25, -0.2) is 9.97 Å². The van der Waals surface area contributed by atoms with E-state index in [0.29, 0.717) is 28.3 Å². The summed E-state index contributed by atoms with van der Waals surface area (Å²) in [5.41, 5.74) is 0.273. The zero-order valence-electron chi connectivity index (χ0n) is 15.5. The van der Waals surface area contributed by atoms with Crippen molar-refractivity contribution in [2.24, 2.45) is 5.92 Å². The van der Waals surface area contributed by atoms with Crippen molar-refractivity contribution in [3.8, 4) is 0 Å². The Hall–Kier alpha value is -2.05. The summed E-state index contributed by atoms with van der Waals surface area (Å²) in [4.78, 5) is 35.0. The second-order valence-corrected chi connectivity index (χ2v) is 8.80. The first kappa shape index (κ1) is 19.3. The third-order valence-electron chi connectivity index (χ3n) is 5.56. The molecule has 0 N–H and O–H groups in total. The zero-order chi connectivity index (χ0) is 19.5. The predicted octanol–water partition coefficient (Wildman–Crippen LogP) is 4.83. The number of fused-ring (bicyclic) bond motifs is 1. The molecule has 5 nitrogen and oxygen atoms in total. The lowest BCUT2D eigenvalue weighted by Gasteiger charge is -2.27. The van der Waals surface area contributed by atoms with E-state index in [2.05, 4.69) is 9.97 Å². The van der Waals surface area contributed by atoms with Gasteiger partial charge in [0, 0.05) is 11.6 Å². The summed E-state index contributed by atoms with van der Waals surface area (Å²) in [6.45, 7) is 0. The van der Waals surface area contributed by atoms with Gasteiger partial charge in [-0.15, -0.1) is 11.3 Å². The molecule has 4 rings (SSSR count). The van der Waals surface area contributed by atoms with Gasteiger partial charge in [-0.05, 0) is 24.5 Å². The molecular formula is C21H22ClN3O2S. The number of benzene rings is 1. The minimum Gasteiger partial charge on any atom is -0.297 e. The third-order valence-corrected chi connectivity index (χ3v) is 6.65. The predicted molar refractivity (Wildman–Crippen MR) is 112 cm³/mol. The highest BCUT2D eigenvalue weighted by Gasteiger charge is 2.28. The first-order chi connectivity index (χ1) is 13.6. The molecule has 0 amide bonds. The molecule has 28 heavy (non-hydrogen) atoms. The van der Waals surface area contributed by atoms with Gasteiger partial charge in [0.2, 0.25) is 0 Å². The van der Waals surface area contributed by atoms with Crippen LogP contribution in [0.5, 0.6) is 0 Å². The van der Waals surface area contributed by atoms with Gasteiger partial charge in [-0.1, -0.05) is 49.8 Å². The van der Waals surface area contributed by atoms with Gasteiger partial charge in [-0.2, -0.15) is 0 Å². The molecule has 2 aromatic heterocycles. The fourth-order valence-corrected chi connectivity index (χ4v) is 4.95. The number of halogens is 1. The highest BCUT2D eigenvalue weighted by Crippen LogP contribution is 2.31. The topological polar surface area (TPSA) is 64.8 Å². The minimum absolute atomic E-state index is 0.0193. The van der Waals surface area contributed by atoms with Gasteiger partial charge in [0.05, 0.1) is 39.7 Å². The summed E-state index contributed by atoms with van der Waals surface area (Å²) >= 11 is 7.66. The number of hydrogen-bond donors (Lipinski definition) is 0. The number of ketones is 1. The number of rotatable bonds is 6. The molecule has 0 aliphatic heterocycles. The Morgan fingerprint density at radius 3 is 2.82 bits per heavy atom. The lowest BCUT2D eigenvalue weighted by molar-refractivity contribution is -0.122. The molecule has 0 bridgehead atoms. The van der Waals surface area contributed by atoms with E-state index in [4.69, 9.17) is 11.6 Å². The van der Waals surface area contributed by atoms with Gasteiger partial charge in [0.25, 0.3) is 5.56 Å². The van der Waals surface area contributed by atoms with Crippen molar-refractivity contribution in [3.05, 3.63) is 56.5 Å². The van der Waals surface area contributed by atoms with E-state index in [-0.39, 0.29) is 17.8 Å². The maximum atomic E-state index is 13.2. The van der Waals surface area contributed by atoms with Gasteiger partial charge in [0.15, 0.2) is 5.78 Å². The minimum atomic E-state index is -0.518. The molecule has 1 aliphatic carbocycles. The molecule has 1 atom stereocenters. The molecule has 1 saturated carbocycles. The first-order valence-electron chi connectivity index (χ1n) is 9.70. The van der Waals surface area contributed by atoms with Crippen LogP contribution in [0, 0.1) is 5.92 Å². The summed E-state index contributed by atoms with van der Waals surface area (Å²) in [5.74, 6) is 0.478. The number of hydrogen-bond acceptors (Lipinski definition) is 5. The number of thiazole rings is 1. The average molecular weight is 416 g/mol. The smallest absolute Gasteiger partial charge is 0.261 e.